The van der Waals surface area contributed by atoms with Crippen LogP contribution in [-0.2, 0) is 22.5 Å². The van der Waals surface area contributed by atoms with E-state index in [1.54, 1.807) is 0 Å². The van der Waals surface area contributed by atoms with Crippen molar-refractivity contribution in [3.05, 3.63) is 65.1 Å². The van der Waals surface area contributed by atoms with Gasteiger partial charge in [0, 0.05) is 67.2 Å². The number of benzene rings is 2. The second kappa shape index (κ2) is 12.3. The third-order valence-electron chi connectivity index (χ3n) is 9.98. The first-order valence-electron chi connectivity index (χ1n) is 15.7. The normalized spacial score (nSPS) is 24.5. The summed E-state index contributed by atoms with van der Waals surface area (Å²) in [7, 11) is 2.13. The summed E-state index contributed by atoms with van der Waals surface area (Å²) in [6.45, 7) is 9.13. The highest BCUT2D eigenvalue weighted by Crippen LogP contribution is 2.42. The number of carbonyl (C=O) groups excluding carboxylic acids is 1. The molecule has 2 unspecified atom stereocenters. The predicted octanol–water partition coefficient (Wildman–Crippen LogP) is 4.22. The molecule has 0 saturated carbocycles. The lowest BCUT2D eigenvalue weighted by molar-refractivity contribution is -0.131. The molecule has 46 heavy (non-hydrogen) atoms. The fraction of sp³-hybridized carbons (Fsp3) is 0.471. The molecule has 10 nitrogen and oxygen atoms in total. The molecule has 0 N–H and O–H groups in total. The number of ether oxygens (including phenoxy) is 2. The Morgan fingerprint density at radius 3 is 2.83 bits per heavy atom. The molecule has 240 valence electrons. The molecule has 3 fully saturated rings. The van der Waals surface area contributed by atoms with E-state index in [1.807, 2.05) is 18.2 Å². The van der Waals surface area contributed by atoms with Crippen molar-refractivity contribution in [2.45, 2.75) is 25.4 Å². The molecule has 0 bridgehead atoms. The number of amides is 1. The number of rotatable bonds is 7. The number of hydrogen-bond acceptors (Lipinski definition) is 9. The minimum atomic E-state index is -1.02. The summed E-state index contributed by atoms with van der Waals surface area (Å²) in [5.74, 6) is -0.660. The van der Waals surface area contributed by atoms with Crippen LogP contribution in [0.4, 0.5) is 15.9 Å². The molecule has 4 aliphatic heterocycles. The van der Waals surface area contributed by atoms with E-state index in [1.165, 1.54) is 4.90 Å². The monoisotopic (exact) mass is 645 g/mol. The van der Waals surface area contributed by atoms with Gasteiger partial charge < -0.3 is 29.1 Å². The lowest BCUT2D eigenvalue weighted by Gasteiger charge is -2.42. The van der Waals surface area contributed by atoms with Crippen molar-refractivity contribution in [3.8, 4) is 12.1 Å². The van der Waals surface area contributed by atoms with Gasteiger partial charge in [-0.3, -0.25) is 4.79 Å². The highest BCUT2D eigenvalue weighted by atomic mass is 35.5. The van der Waals surface area contributed by atoms with Gasteiger partial charge in [0.05, 0.1) is 49.0 Å². The SMILES string of the molecule is C=C(F)C(=O)N1CCN(c2nc(OCC34COCC3CN(C)C4)nc3c2CCN(c2cccc4cccc(Cl)c24)C3)C[C@@H]1CC#N. The van der Waals surface area contributed by atoms with Crippen molar-refractivity contribution in [3.63, 3.8) is 0 Å². The highest BCUT2D eigenvalue weighted by molar-refractivity contribution is 6.36. The fourth-order valence-corrected chi connectivity index (χ4v) is 8.00. The zero-order valence-corrected chi connectivity index (χ0v) is 26.7. The van der Waals surface area contributed by atoms with Gasteiger partial charge in [0.2, 0.25) is 0 Å². The van der Waals surface area contributed by atoms with Crippen LogP contribution in [0.1, 0.15) is 17.7 Å². The summed E-state index contributed by atoms with van der Waals surface area (Å²) in [5, 5.41) is 12.3. The molecule has 12 heteroatoms. The minimum absolute atomic E-state index is 0.0686. The van der Waals surface area contributed by atoms with Gasteiger partial charge >= 0.3 is 6.01 Å². The zero-order chi connectivity index (χ0) is 32.0. The smallest absolute Gasteiger partial charge is 0.318 e. The number of hydrogen-bond donors (Lipinski definition) is 0. The molecule has 2 aromatic carbocycles. The maximum absolute atomic E-state index is 13.9. The summed E-state index contributed by atoms with van der Waals surface area (Å²) in [6, 6.07) is 14.1. The van der Waals surface area contributed by atoms with Crippen molar-refractivity contribution in [2.24, 2.45) is 11.3 Å². The third kappa shape index (κ3) is 5.52. The second-order valence-electron chi connectivity index (χ2n) is 13.0. The number of aromatic nitrogens is 2. The number of nitrogens with zero attached hydrogens (tertiary/aromatic N) is 7. The third-order valence-corrected chi connectivity index (χ3v) is 10.3. The number of halogens is 2. The molecule has 3 saturated heterocycles. The largest absolute Gasteiger partial charge is 0.463 e. The number of carbonyl (C=O) groups is 1. The van der Waals surface area contributed by atoms with Crippen LogP contribution in [0.15, 0.2) is 48.8 Å². The molecule has 0 radical (unpaired) electrons. The maximum atomic E-state index is 13.9. The Morgan fingerprint density at radius 1 is 1.20 bits per heavy atom. The summed E-state index contributed by atoms with van der Waals surface area (Å²) < 4.78 is 26.2. The lowest BCUT2D eigenvalue weighted by atomic mass is 9.82. The van der Waals surface area contributed by atoms with Crippen molar-refractivity contribution in [1.82, 2.24) is 19.8 Å². The number of likely N-dealkylation sites (tertiary alicyclic amines) is 1. The molecule has 3 atom stereocenters. The zero-order valence-electron chi connectivity index (χ0n) is 25.9. The van der Waals surface area contributed by atoms with Gasteiger partial charge in [-0.15, -0.1) is 0 Å². The first-order chi connectivity index (χ1) is 22.3. The first kappa shape index (κ1) is 30.7. The second-order valence-corrected chi connectivity index (χ2v) is 13.4. The van der Waals surface area contributed by atoms with Crippen LogP contribution >= 0.6 is 11.6 Å². The molecule has 1 amide bonds. The van der Waals surface area contributed by atoms with Crippen LogP contribution in [0.5, 0.6) is 6.01 Å². The Hall–Kier alpha value is -3.98. The van der Waals surface area contributed by atoms with Gasteiger partial charge in [0.15, 0.2) is 5.83 Å². The van der Waals surface area contributed by atoms with Crippen LogP contribution in [0.2, 0.25) is 5.02 Å². The number of anilines is 2. The van der Waals surface area contributed by atoms with E-state index in [-0.39, 0.29) is 18.4 Å². The number of nitriles is 1. The summed E-state index contributed by atoms with van der Waals surface area (Å²) >= 11 is 6.71. The van der Waals surface area contributed by atoms with E-state index in [4.69, 9.17) is 31.0 Å². The molecule has 4 aliphatic rings. The maximum Gasteiger partial charge on any atom is 0.318 e. The van der Waals surface area contributed by atoms with Crippen LogP contribution in [0.25, 0.3) is 10.8 Å². The Morgan fingerprint density at radius 2 is 2.02 bits per heavy atom. The molecule has 0 spiro atoms. The quantitative estimate of drug-likeness (QED) is 0.350. The predicted molar refractivity (Wildman–Crippen MR) is 174 cm³/mol. The van der Waals surface area contributed by atoms with E-state index in [0.29, 0.717) is 56.2 Å². The van der Waals surface area contributed by atoms with Crippen molar-refractivity contribution >= 4 is 39.8 Å². The van der Waals surface area contributed by atoms with Gasteiger partial charge in [0.1, 0.15) is 12.4 Å². The van der Waals surface area contributed by atoms with E-state index in [9.17, 15) is 14.4 Å². The number of piperazine rings is 1. The molecule has 3 aromatic rings. The Bertz CT molecular complexity index is 1730. The van der Waals surface area contributed by atoms with Crippen LogP contribution in [0, 0.1) is 22.7 Å². The van der Waals surface area contributed by atoms with Gasteiger partial charge in [-0.2, -0.15) is 15.2 Å². The van der Waals surface area contributed by atoms with Crippen molar-refractivity contribution in [2.75, 3.05) is 75.9 Å². The molecular weight excluding hydrogens is 609 g/mol. The van der Waals surface area contributed by atoms with Gasteiger partial charge in [-0.25, -0.2) is 4.39 Å². The average Bonchev–Trinajstić information content (AvgIpc) is 3.58. The standard InChI is InChI=1S/C34H37ClFN7O3/c1-22(36)32(44)43-14-13-42(16-25(43)9-11-37)31-26-10-12-41(29-8-4-6-23-5-3-7-27(35)30(23)29)17-28(26)38-33(39-31)46-21-34-19-40(2)15-24(34)18-45-20-34/h3-8,24-25H,1,9-10,12-21H2,2H3/t24?,25-,34?/m0/s1. The minimum Gasteiger partial charge on any atom is -0.463 e. The van der Waals surface area contributed by atoms with E-state index in [2.05, 4.69) is 52.6 Å². The Balaban J connectivity index is 1.23. The summed E-state index contributed by atoms with van der Waals surface area (Å²) in [4.78, 5) is 30.7. The summed E-state index contributed by atoms with van der Waals surface area (Å²) in [5.41, 5.74) is 2.81. The van der Waals surface area contributed by atoms with Gasteiger partial charge in [-0.05, 0) is 31.0 Å². The topological polar surface area (TPSA) is 98.1 Å². The molecule has 1 aromatic heterocycles. The van der Waals surface area contributed by atoms with Crippen LogP contribution in [-0.4, -0.2) is 97.9 Å². The van der Waals surface area contributed by atoms with E-state index < -0.39 is 17.8 Å². The van der Waals surface area contributed by atoms with Crippen LogP contribution in [0.3, 0.4) is 0 Å². The van der Waals surface area contributed by atoms with Crippen molar-refractivity contribution < 1.29 is 18.7 Å². The summed E-state index contributed by atoms with van der Waals surface area (Å²) in [6.07, 6.45) is 0.749. The molecule has 5 heterocycles. The lowest BCUT2D eigenvalue weighted by Crippen LogP contribution is -2.55. The molecule has 7 rings (SSSR count). The Kier molecular flexibility index (Phi) is 8.21. The fourth-order valence-electron chi connectivity index (χ4n) is 7.72. The molecular formula is C34H37ClFN7O3. The average molecular weight is 646 g/mol. The van der Waals surface area contributed by atoms with E-state index in [0.717, 1.165) is 59.8 Å². The van der Waals surface area contributed by atoms with Crippen molar-refractivity contribution in [1.29, 1.82) is 5.26 Å². The van der Waals surface area contributed by atoms with Crippen LogP contribution < -0.4 is 14.5 Å². The first-order valence-corrected chi connectivity index (χ1v) is 16.1. The number of fused-ring (bicyclic) bond motifs is 3. The molecule has 0 aliphatic carbocycles. The van der Waals surface area contributed by atoms with Gasteiger partial charge in [0.25, 0.3) is 5.91 Å². The van der Waals surface area contributed by atoms with Gasteiger partial charge in [-0.1, -0.05) is 42.4 Å². The Labute approximate surface area is 272 Å². The highest BCUT2D eigenvalue weighted by Gasteiger charge is 2.50. The van der Waals surface area contributed by atoms with E-state index >= 15 is 0 Å².